The minimum Gasteiger partial charge on any atom is -0.504 e. The van der Waals surface area contributed by atoms with Gasteiger partial charge in [-0.3, -0.25) is 14.4 Å². The SMILES string of the molecule is COC(=O)C[C@H](NC(=O)c1ccc(-c2c(C)oc3c(CC(C)C)c(O)c(O)c(O)c3c2=O)cc1)C(=O)OC. The van der Waals surface area contributed by atoms with Crippen molar-refractivity contribution in [3.63, 3.8) is 0 Å². The van der Waals surface area contributed by atoms with Gasteiger partial charge in [-0.15, -0.1) is 0 Å². The first-order valence-corrected chi connectivity index (χ1v) is 11.7. The zero-order valence-corrected chi connectivity index (χ0v) is 21.6. The van der Waals surface area contributed by atoms with Gasteiger partial charge in [-0.25, -0.2) is 4.79 Å². The van der Waals surface area contributed by atoms with Gasteiger partial charge in [0.05, 0.1) is 26.2 Å². The third-order valence-corrected chi connectivity index (χ3v) is 5.97. The molecule has 2 aromatic carbocycles. The van der Waals surface area contributed by atoms with Gasteiger partial charge >= 0.3 is 11.9 Å². The molecule has 4 N–H and O–H groups in total. The van der Waals surface area contributed by atoms with Crippen LogP contribution in [0.3, 0.4) is 0 Å². The quantitative estimate of drug-likeness (QED) is 0.252. The molecule has 0 unspecified atom stereocenters. The number of aryl methyl sites for hydroxylation is 1. The fourth-order valence-electron chi connectivity index (χ4n) is 4.10. The molecular formula is C27H29NO10. The van der Waals surface area contributed by atoms with Crippen molar-refractivity contribution in [3.8, 4) is 28.4 Å². The average molecular weight is 528 g/mol. The Morgan fingerprint density at radius 2 is 1.61 bits per heavy atom. The molecule has 11 heteroatoms. The molecule has 1 heterocycles. The summed E-state index contributed by atoms with van der Waals surface area (Å²) in [4.78, 5) is 49.7. The number of amides is 1. The highest BCUT2D eigenvalue weighted by Crippen LogP contribution is 2.45. The summed E-state index contributed by atoms with van der Waals surface area (Å²) in [5.74, 6) is -4.13. The maximum atomic E-state index is 13.5. The summed E-state index contributed by atoms with van der Waals surface area (Å²) < 4.78 is 15.1. The molecule has 3 aromatic rings. The molecule has 3 rings (SSSR count). The molecule has 0 aliphatic heterocycles. The van der Waals surface area contributed by atoms with E-state index in [1.54, 1.807) is 6.92 Å². The van der Waals surface area contributed by atoms with E-state index >= 15 is 0 Å². The largest absolute Gasteiger partial charge is 0.504 e. The summed E-state index contributed by atoms with van der Waals surface area (Å²) in [5.41, 5.74) is 0.108. The molecule has 202 valence electrons. The van der Waals surface area contributed by atoms with E-state index in [2.05, 4.69) is 14.8 Å². The number of rotatable bonds is 8. The lowest BCUT2D eigenvalue weighted by molar-refractivity contribution is -0.149. The number of phenolic OH excluding ortho intramolecular Hbond substituents is 3. The number of benzene rings is 2. The van der Waals surface area contributed by atoms with Crippen LogP contribution in [0.5, 0.6) is 17.2 Å². The fourth-order valence-corrected chi connectivity index (χ4v) is 4.10. The van der Waals surface area contributed by atoms with Crippen LogP contribution in [0, 0.1) is 12.8 Å². The Bertz CT molecular complexity index is 1450. The molecule has 1 atom stereocenters. The lowest BCUT2D eigenvalue weighted by atomic mass is 9.95. The Labute approximate surface area is 217 Å². The number of hydrogen-bond donors (Lipinski definition) is 4. The molecule has 0 spiro atoms. The van der Waals surface area contributed by atoms with E-state index in [9.17, 15) is 34.5 Å². The number of ether oxygens (including phenoxy) is 2. The molecule has 0 fully saturated rings. The highest BCUT2D eigenvalue weighted by Gasteiger charge is 2.27. The van der Waals surface area contributed by atoms with Crippen LogP contribution in [0.2, 0.25) is 0 Å². The lowest BCUT2D eigenvalue weighted by Gasteiger charge is -2.16. The van der Waals surface area contributed by atoms with Crippen LogP contribution in [0.1, 0.15) is 41.9 Å². The summed E-state index contributed by atoms with van der Waals surface area (Å²) in [6.45, 7) is 5.31. The van der Waals surface area contributed by atoms with Gasteiger partial charge in [-0.1, -0.05) is 26.0 Å². The Kier molecular flexibility index (Phi) is 8.29. The van der Waals surface area contributed by atoms with Crippen molar-refractivity contribution in [2.24, 2.45) is 5.92 Å². The number of carbonyl (C=O) groups is 3. The monoisotopic (exact) mass is 527 g/mol. The number of fused-ring (bicyclic) bond motifs is 1. The van der Waals surface area contributed by atoms with Gasteiger partial charge in [0.15, 0.2) is 11.5 Å². The van der Waals surface area contributed by atoms with Crippen LogP contribution < -0.4 is 10.7 Å². The van der Waals surface area contributed by atoms with E-state index in [1.807, 2.05) is 13.8 Å². The Hall–Kier alpha value is -4.54. The van der Waals surface area contributed by atoms with Gasteiger partial charge in [0.25, 0.3) is 5.91 Å². The second kappa shape index (κ2) is 11.2. The molecule has 0 saturated heterocycles. The predicted molar refractivity (Wildman–Crippen MR) is 136 cm³/mol. The van der Waals surface area contributed by atoms with Gasteiger partial charge in [0.1, 0.15) is 22.8 Å². The molecule has 1 aromatic heterocycles. The normalized spacial score (nSPS) is 11.8. The average Bonchev–Trinajstić information content (AvgIpc) is 2.88. The number of carbonyl (C=O) groups excluding carboxylic acids is 3. The van der Waals surface area contributed by atoms with Crippen LogP contribution in [-0.2, 0) is 25.5 Å². The number of aromatic hydroxyl groups is 3. The van der Waals surface area contributed by atoms with Gasteiger partial charge in [0, 0.05) is 11.1 Å². The molecule has 0 aliphatic carbocycles. The van der Waals surface area contributed by atoms with Gasteiger partial charge in [-0.2, -0.15) is 0 Å². The predicted octanol–water partition coefficient (Wildman–Crippen LogP) is 2.92. The van der Waals surface area contributed by atoms with Crippen molar-refractivity contribution in [1.82, 2.24) is 5.32 Å². The van der Waals surface area contributed by atoms with Crippen LogP contribution in [0.15, 0.2) is 33.5 Å². The van der Waals surface area contributed by atoms with Crippen molar-refractivity contribution in [1.29, 1.82) is 0 Å². The van der Waals surface area contributed by atoms with E-state index < -0.39 is 53.0 Å². The molecule has 0 aliphatic rings. The zero-order chi connectivity index (χ0) is 28.3. The van der Waals surface area contributed by atoms with Crippen molar-refractivity contribution in [2.45, 2.75) is 39.7 Å². The number of esters is 2. The molecular weight excluding hydrogens is 498 g/mol. The fraction of sp³-hybridized carbons (Fsp3) is 0.333. The summed E-state index contributed by atoms with van der Waals surface area (Å²) in [6.07, 6.45) is -0.140. The van der Waals surface area contributed by atoms with E-state index in [1.165, 1.54) is 24.3 Å². The minimum atomic E-state index is -1.26. The first kappa shape index (κ1) is 28.0. The van der Waals surface area contributed by atoms with Crippen LogP contribution in [-0.4, -0.2) is 53.4 Å². The van der Waals surface area contributed by atoms with Crippen molar-refractivity contribution >= 4 is 28.8 Å². The first-order valence-electron chi connectivity index (χ1n) is 11.7. The maximum Gasteiger partial charge on any atom is 0.328 e. The number of nitrogens with one attached hydrogen (secondary N) is 1. The van der Waals surface area contributed by atoms with Crippen molar-refractivity contribution in [3.05, 3.63) is 51.4 Å². The van der Waals surface area contributed by atoms with E-state index in [0.717, 1.165) is 14.2 Å². The minimum absolute atomic E-state index is 0.0202. The highest BCUT2D eigenvalue weighted by atomic mass is 16.5. The Balaban J connectivity index is 2.03. The molecule has 0 radical (unpaired) electrons. The van der Waals surface area contributed by atoms with Crippen LogP contribution >= 0.6 is 0 Å². The molecule has 38 heavy (non-hydrogen) atoms. The topological polar surface area (TPSA) is 173 Å². The van der Waals surface area contributed by atoms with Gasteiger partial charge in [-0.05, 0) is 37.0 Å². The summed E-state index contributed by atoms with van der Waals surface area (Å²) in [5, 5.41) is 33.3. The first-order chi connectivity index (χ1) is 17.9. The number of methoxy groups -OCH3 is 2. The molecule has 1 amide bonds. The highest BCUT2D eigenvalue weighted by molar-refractivity contribution is 5.98. The van der Waals surface area contributed by atoms with Crippen LogP contribution in [0.25, 0.3) is 22.1 Å². The summed E-state index contributed by atoms with van der Waals surface area (Å²) in [6, 6.07) is 4.48. The third kappa shape index (κ3) is 5.41. The van der Waals surface area contributed by atoms with E-state index in [-0.39, 0.29) is 45.8 Å². The molecule has 11 nitrogen and oxygen atoms in total. The Morgan fingerprint density at radius 1 is 0.974 bits per heavy atom. The van der Waals surface area contributed by atoms with E-state index in [0.29, 0.717) is 5.56 Å². The van der Waals surface area contributed by atoms with Crippen molar-refractivity contribution in [2.75, 3.05) is 14.2 Å². The Morgan fingerprint density at radius 3 is 2.16 bits per heavy atom. The van der Waals surface area contributed by atoms with Crippen LogP contribution in [0.4, 0.5) is 0 Å². The van der Waals surface area contributed by atoms with Gasteiger partial charge < -0.3 is 34.5 Å². The number of phenols is 3. The van der Waals surface area contributed by atoms with Crippen molar-refractivity contribution < 1.29 is 43.6 Å². The van der Waals surface area contributed by atoms with E-state index in [4.69, 9.17) is 4.42 Å². The second-order valence-electron chi connectivity index (χ2n) is 9.10. The van der Waals surface area contributed by atoms with Gasteiger partial charge in [0.2, 0.25) is 11.2 Å². The molecule has 0 saturated carbocycles. The smallest absolute Gasteiger partial charge is 0.328 e. The second-order valence-corrected chi connectivity index (χ2v) is 9.10. The number of hydrogen-bond acceptors (Lipinski definition) is 10. The summed E-state index contributed by atoms with van der Waals surface area (Å²) in [7, 11) is 2.27. The molecule has 0 bridgehead atoms. The zero-order valence-electron chi connectivity index (χ0n) is 21.6. The summed E-state index contributed by atoms with van der Waals surface area (Å²) >= 11 is 0. The maximum absolute atomic E-state index is 13.5. The third-order valence-electron chi connectivity index (χ3n) is 5.97. The standard InChI is InChI=1S/C27H29NO10/c1-12(2)10-16-21(30)24(33)23(32)20-22(31)19(13(3)38-25(16)20)14-6-8-15(9-7-14)26(34)28-17(27(35)37-5)11-18(29)36-4/h6-9,12,17,30,32-33H,10-11H2,1-5H3,(H,28,34)/t17-/m0/s1. The lowest BCUT2D eigenvalue weighted by Crippen LogP contribution is -2.43.